The minimum Gasteiger partial charge on any atom is -0.871 e. The van der Waals surface area contributed by atoms with Gasteiger partial charge in [0.15, 0.2) is 0 Å². The standard InChI is InChI=1S/C16H12N2O4S/c19-16-13-9-5-4-8-12(13)14(10-15(16)23(20,21)22)18-17-11-6-2-1-3-7-11/h1-10,19H,(H,20,21,22)/p-1. The van der Waals surface area contributed by atoms with Crippen molar-refractivity contribution in [2.45, 2.75) is 4.90 Å². The van der Waals surface area contributed by atoms with Crippen LogP contribution in [0.2, 0.25) is 0 Å². The van der Waals surface area contributed by atoms with E-state index in [0.717, 1.165) is 6.07 Å². The van der Waals surface area contributed by atoms with E-state index in [4.69, 9.17) is 0 Å². The Kier molecular flexibility index (Phi) is 3.81. The molecule has 7 heteroatoms. The maximum absolute atomic E-state index is 12.2. The molecule has 0 atom stereocenters. The van der Waals surface area contributed by atoms with E-state index in [2.05, 4.69) is 10.2 Å². The summed E-state index contributed by atoms with van der Waals surface area (Å²) in [6, 6.07) is 16.3. The highest BCUT2D eigenvalue weighted by atomic mass is 32.2. The Bertz CT molecular complexity index is 999. The van der Waals surface area contributed by atoms with Gasteiger partial charge in [0, 0.05) is 5.39 Å². The second kappa shape index (κ2) is 5.79. The average molecular weight is 327 g/mol. The first-order chi connectivity index (χ1) is 11.0. The lowest BCUT2D eigenvalue weighted by Gasteiger charge is -2.16. The summed E-state index contributed by atoms with van der Waals surface area (Å²) in [5.74, 6) is -0.762. The van der Waals surface area contributed by atoms with Crippen LogP contribution in [0.25, 0.3) is 10.8 Å². The van der Waals surface area contributed by atoms with Gasteiger partial charge in [-0.25, -0.2) is 0 Å². The maximum atomic E-state index is 12.2. The van der Waals surface area contributed by atoms with Gasteiger partial charge in [-0.2, -0.15) is 13.5 Å². The van der Waals surface area contributed by atoms with Crippen LogP contribution in [0.15, 0.2) is 75.8 Å². The summed E-state index contributed by atoms with van der Waals surface area (Å²) in [6.07, 6.45) is 0. The minimum absolute atomic E-state index is 0.157. The molecule has 3 aromatic rings. The van der Waals surface area contributed by atoms with Crippen molar-refractivity contribution in [3.63, 3.8) is 0 Å². The van der Waals surface area contributed by atoms with Gasteiger partial charge in [0.25, 0.3) is 10.1 Å². The fraction of sp³-hybridized carbons (Fsp3) is 0. The van der Waals surface area contributed by atoms with E-state index in [1.165, 1.54) is 6.07 Å². The van der Waals surface area contributed by atoms with E-state index in [1.54, 1.807) is 42.5 Å². The van der Waals surface area contributed by atoms with Crippen LogP contribution in [0.1, 0.15) is 0 Å². The normalized spacial score (nSPS) is 12.0. The predicted molar refractivity (Wildman–Crippen MR) is 83.8 cm³/mol. The van der Waals surface area contributed by atoms with E-state index < -0.39 is 20.8 Å². The van der Waals surface area contributed by atoms with Crippen LogP contribution in [0, 0.1) is 0 Å². The third kappa shape index (κ3) is 3.05. The molecule has 3 aromatic carbocycles. The maximum Gasteiger partial charge on any atom is 0.293 e. The SMILES string of the molecule is O=S(=O)(O)c1cc(N=Nc2ccccc2)c2ccccc2c1[O-]. The molecule has 0 aliphatic rings. The average Bonchev–Trinajstić information content (AvgIpc) is 2.54. The molecule has 0 radical (unpaired) electrons. The van der Waals surface area contributed by atoms with Crippen LogP contribution < -0.4 is 5.11 Å². The third-order valence-electron chi connectivity index (χ3n) is 3.25. The molecule has 0 spiro atoms. The fourth-order valence-electron chi connectivity index (χ4n) is 2.19. The van der Waals surface area contributed by atoms with Gasteiger partial charge < -0.3 is 5.11 Å². The smallest absolute Gasteiger partial charge is 0.293 e. The van der Waals surface area contributed by atoms with E-state index in [1.807, 2.05) is 6.07 Å². The summed E-state index contributed by atoms with van der Waals surface area (Å²) >= 11 is 0. The van der Waals surface area contributed by atoms with Crippen molar-refractivity contribution >= 4 is 32.3 Å². The van der Waals surface area contributed by atoms with Crippen molar-refractivity contribution in [3.8, 4) is 5.75 Å². The van der Waals surface area contributed by atoms with Crippen LogP contribution >= 0.6 is 0 Å². The Balaban J connectivity index is 2.24. The van der Waals surface area contributed by atoms with Crippen molar-refractivity contribution < 1.29 is 18.1 Å². The summed E-state index contributed by atoms with van der Waals surface area (Å²) < 4.78 is 32.1. The molecule has 0 aliphatic heterocycles. The topological polar surface area (TPSA) is 102 Å². The van der Waals surface area contributed by atoms with Gasteiger partial charge in [-0.15, -0.1) is 5.11 Å². The molecule has 3 rings (SSSR count). The number of azo groups is 1. The molecule has 116 valence electrons. The molecule has 6 nitrogen and oxygen atoms in total. The summed E-state index contributed by atoms with van der Waals surface area (Å²) in [5.41, 5.74) is 0.771. The van der Waals surface area contributed by atoms with Crippen molar-refractivity contribution in [2.24, 2.45) is 10.2 Å². The molecule has 0 fully saturated rings. The minimum atomic E-state index is -4.64. The van der Waals surface area contributed by atoms with Crippen molar-refractivity contribution in [2.75, 3.05) is 0 Å². The van der Waals surface area contributed by atoms with E-state index in [-0.39, 0.29) is 11.1 Å². The molecule has 0 aliphatic carbocycles. The van der Waals surface area contributed by atoms with E-state index in [9.17, 15) is 18.1 Å². The Morgan fingerprint density at radius 3 is 2.13 bits per heavy atom. The lowest BCUT2D eigenvalue weighted by Crippen LogP contribution is -2.05. The summed E-state index contributed by atoms with van der Waals surface area (Å²) in [6.45, 7) is 0. The summed E-state index contributed by atoms with van der Waals surface area (Å²) in [4.78, 5) is -0.710. The molecule has 23 heavy (non-hydrogen) atoms. The summed E-state index contributed by atoms with van der Waals surface area (Å²) in [5, 5.41) is 20.9. The Hall–Kier alpha value is -2.77. The van der Waals surface area contributed by atoms with Gasteiger partial charge in [-0.1, -0.05) is 48.2 Å². The molecule has 0 saturated carbocycles. The van der Waals surface area contributed by atoms with Gasteiger partial charge in [0.2, 0.25) is 0 Å². The lowest BCUT2D eigenvalue weighted by molar-refractivity contribution is -0.270. The molecular weight excluding hydrogens is 316 g/mol. The monoisotopic (exact) mass is 327 g/mol. The number of hydrogen-bond donors (Lipinski definition) is 1. The zero-order valence-electron chi connectivity index (χ0n) is 11.7. The van der Waals surface area contributed by atoms with Crippen LogP contribution in [-0.2, 0) is 10.1 Å². The zero-order valence-corrected chi connectivity index (χ0v) is 12.6. The van der Waals surface area contributed by atoms with Crippen LogP contribution in [0.5, 0.6) is 5.75 Å². The van der Waals surface area contributed by atoms with Gasteiger partial charge in [-0.05, 0) is 23.6 Å². The molecule has 0 bridgehead atoms. The van der Waals surface area contributed by atoms with Crippen molar-refractivity contribution in [1.29, 1.82) is 0 Å². The first-order valence-corrected chi connectivity index (χ1v) is 8.08. The number of benzene rings is 3. The van der Waals surface area contributed by atoms with Crippen molar-refractivity contribution in [3.05, 3.63) is 60.7 Å². The summed E-state index contributed by atoms with van der Waals surface area (Å²) in [7, 11) is -4.64. The highest BCUT2D eigenvalue weighted by Gasteiger charge is 2.15. The Morgan fingerprint density at radius 2 is 1.48 bits per heavy atom. The van der Waals surface area contributed by atoms with Gasteiger partial charge in [0.05, 0.1) is 16.3 Å². The first-order valence-electron chi connectivity index (χ1n) is 6.64. The van der Waals surface area contributed by atoms with Gasteiger partial charge in [-0.3, -0.25) is 4.55 Å². The Labute approximate surface area is 132 Å². The second-order valence-electron chi connectivity index (χ2n) is 4.78. The van der Waals surface area contributed by atoms with E-state index in [0.29, 0.717) is 11.1 Å². The third-order valence-corrected chi connectivity index (χ3v) is 4.11. The molecule has 0 heterocycles. The zero-order chi connectivity index (χ0) is 16.4. The molecule has 0 saturated heterocycles. The first kappa shape index (κ1) is 15.1. The number of fused-ring (bicyclic) bond motifs is 1. The highest BCUT2D eigenvalue weighted by Crippen LogP contribution is 2.37. The Morgan fingerprint density at radius 1 is 0.870 bits per heavy atom. The molecular formula is C16H11N2O4S-. The molecule has 0 amide bonds. The quantitative estimate of drug-likeness (QED) is 0.586. The number of rotatable bonds is 3. The largest absolute Gasteiger partial charge is 0.871 e. The lowest BCUT2D eigenvalue weighted by atomic mass is 10.1. The van der Waals surface area contributed by atoms with Gasteiger partial charge >= 0.3 is 0 Å². The molecule has 1 N–H and O–H groups in total. The molecule has 0 unspecified atom stereocenters. The predicted octanol–water partition coefficient (Wildman–Crippen LogP) is 3.58. The second-order valence-corrected chi connectivity index (χ2v) is 6.17. The molecule has 0 aromatic heterocycles. The number of nitrogens with zero attached hydrogens (tertiary/aromatic N) is 2. The van der Waals surface area contributed by atoms with Crippen LogP contribution in [-0.4, -0.2) is 13.0 Å². The fourth-order valence-corrected chi connectivity index (χ4v) is 2.79. The van der Waals surface area contributed by atoms with Gasteiger partial charge in [0.1, 0.15) is 0 Å². The van der Waals surface area contributed by atoms with Crippen LogP contribution in [0.4, 0.5) is 11.4 Å². The van der Waals surface area contributed by atoms with Crippen molar-refractivity contribution in [1.82, 2.24) is 0 Å². The number of hydrogen-bond acceptors (Lipinski definition) is 5. The van der Waals surface area contributed by atoms with Crippen LogP contribution in [0.3, 0.4) is 0 Å². The highest BCUT2D eigenvalue weighted by molar-refractivity contribution is 7.86. The van der Waals surface area contributed by atoms with E-state index >= 15 is 0 Å².